The number of hydrogen-bond acceptors (Lipinski definition) is 3. The van der Waals surface area contributed by atoms with Crippen molar-refractivity contribution in [2.24, 2.45) is 5.92 Å². The highest BCUT2D eigenvalue weighted by atomic mass is 16.5. The van der Waals surface area contributed by atoms with Crippen molar-refractivity contribution in [3.8, 4) is 6.07 Å². The van der Waals surface area contributed by atoms with Crippen molar-refractivity contribution in [1.29, 1.82) is 5.26 Å². The van der Waals surface area contributed by atoms with E-state index in [-0.39, 0.29) is 5.92 Å². The van der Waals surface area contributed by atoms with E-state index in [1.807, 2.05) is 0 Å². The zero-order valence-corrected chi connectivity index (χ0v) is 9.91. The van der Waals surface area contributed by atoms with Gasteiger partial charge in [0.2, 0.25) is 0 Å². The van der Waals surface area contributed by atoms with E-state index < -0.39 is 0 Å². The molecule has 0 aromatic carbocycles. The van der Waals surface area contributed by atoms with Gasteiger partial charge in [-0.25, -0.2) is 0 Å². The van der Waals surface area contributed by atoms with E-state index in [0.29, 0.717) is 6.04 Å². The first-order valence-corrected chi connectivity index (χ1v) is 5.88. The Hall–Kier alpha value is -0.590. The Morgan fingerprint density at radius 2 is 2.07 bits per heavy atom. The molecule has 0 heterocycles. The third kappa shape index (κ3) is 3.81. The summed E-state index contributed by atoms with van der Waals surface area (Å²) in [6.45, 7) is 1.69. The third-order valence-electron chi connectivity index (χ3n) is 3.36. The summed E-state index contributed by atoms with van der Waals surface area (Å²) in [7, 11) is 3.84. The van der Waals surface area contributed by atoms with E-state index in [1.54, 1.807) is 7.11 Å². The smallest absolute Gasteiger partial charge is 0.0672 e. The summed E-state index contributed by atoms with van der Waals surface area (Å²) < 4.78 is 5.08. The molecule has 0 aromatic heterocycles. The first-order chi connectivity index (χ1) is 7.29. The maximum absolute atomic E-state index is 9.15. The Bertz CT molecular complexity index is 212. The molecule has 1 rings (SSSR count). The molecule has 3 nitrogen and oxygen atoms in total. The maximum Gasteiger partial charge on any atom is 0.0672 e. The standard InChI is InChI=1S/C12H22N2O/c1-14(8-9-15-2)12-7-5-3-4-6-11(12)10-13/h11-12H,3-9H2,1-2H3. The molecule has 0 radical (unpaired) electrons. The number of methoxy groups -OCH3 is 1. The van der Waals surface area contributed by atoms with E-state index in [2.05, 4.69) is 18.0 Å². The molecule has 86 valence electrons. The van der Waals surface area contributed by atoms with Crippen molar-refractivity contribution in [3.05, 3.63) is 0 Å². The van der Waals surface area contributed by atoms with Gasteiger partial charge in [-0.2, -0.15) is 5.26 Å². The molecule has 3 heteroatoms. The van der Waals surface area contributed by atoms with Gasteiger partial charge in [-0.15, -0.1) is 0 Å². The van der Waals surface area contributed by atoms with Gasteiger partial charge in [-0.3, -0.25) is 4.90 Å². The molecule has 1 fully saturated rings. The predicted molar refractivity (Wildman–Crippen MR) is 60.5 cm³/mol. The summed E-state index contributed by atoms with van der Waals surface area (Å²) >= 11 is 0. The van der Waals surface area contributed by atoms with Gasteiger partial charge in [-0.05, 0) is 19.9 Å². The first kappa shape index (κ1) is 12.5. The van der Waals surface area contributed by atoms with Crippen LogP contribution < -0.4 is 0 Å². The summed E-state index contributed by atoms with van der Waals surface area (Å²) in [5.74, 6) is 0.217. The molecule has 1 aliphatic rings. The molecular formula is C12H22N2O. The van der Waals surface area contributed by atoms with Gasteiger partial charge in [0, 0.05) is 19.7 Å². The van der Waals surface area contributed by atoms with E-state index >= 15 is 0 Å². The Morgan fingerprint density at radius 1 is 1.33 bits per heavy atom. The quantitative estimate of drug-likeness (QED) is 0.666. The van der Waals surface area contributed by atoms with Crippen LogP contribution in [-0.2, 0) is 4.74 Å². The number of nitriles is 1. The molecule has 0 bridgehead atoms. The van der Waals surface area contributed by atoms with E-state index in [1.165, 1.54) is 25.7 Å². The second-order valence-corrected chi connectivity index (χ2v) is 4.41. The van der Waals surface area contributed by atoms with Crippen LogP contribution in [0.4, 0.5) is 0 Å². The predicted octanol–water partition coefficient (Wildman–Crippen LogP) is 2.04. The Morgan fingerprint density at radius 3 is 2.73 bits per heavy atom. The van der Waals surface area contributed by atoms with Gasteiger partial charge in [0.25, 0.3) is 0 Å². The van der Waals surface area contributed by atoms with Gasteiger partial charge in [-0.1, -0.05) is 19.3 Å². The van der Waals surface area contributed by atoms with Crippen LogP contribution in [0, 0.1) is 17.2 Å². The Balaban J connectivity index is 2.50. The molecule has 2 unspecified atom stereocenters. The molecular weight excluding hydrogens is 188 g/mol. The molecule has 0 saturated heterocycles. The van der Waals surface area contributed by atoms with Crippen LogP contribution in [-0.4, -0.2) is 38.3 Å². The minimum absolute atomic E-state index is 0.217. The van der Waals surface area contributed by atoms with Gasteiger partial charge >= 0.3 is 0 Å². The van der Waals surface area contributed by atoms with Crippen molar-refractivity contribution < 1.29 is 4.74 Å². The summed E-state index contributed by atoms with van der Waals surface area (Å²) in [5.41, 5.74) is 0. The van der Waals surface area contributed by atoms with Crippen LogP contribution in [0.25, 0.3) is 0 Å². The summed E-state index contributed by atoms with van der Waals surface area (Å²) in [4.78, 5) is 2.29. The minimum atomic E-state index is 0.217. The molecule has 15 heavy (non-hydrogen) atoms. The highest BCUT2D eigenvalue weighted by molar-refractivity contribution is 4.93. The van der Waals surface area contributed by atoms with Crippen LogP contribution in [0.1, 0.15) is 32.1 Å². The lowest BCUT2D eigenvalue weighted by Gasteiger charge is -2.29. The van der Waals surface area contributed by atoms with Gasteiger partial charge in [0.15, 0.2) is 0 Å². The van der Waals surface area contributed by atoms with E-state index in [4.69, 9.17) is 10.00 Å². The zero-order valence-electron chi connectivity index (χ0n) is 9.91. The molecule has 1 saturated carbocycles. The lowest BCUT2D eigenvalue weighted by Crippen LogP contribution is -2.38. The highest BCUT2D eigenvalue weighted by Gasteiger charge is 2.26. The van der Waals surface area contributed by atoms with Gasteiger partial charge < -0.3 is 4.74 Å². The average Bonchev–Trinajstić information content (AvgIpc) is 2.50. The third-order valence-corrected chi connectivity index (χ3v) is 3.36. The number of rotatable bonds is 4. The number of likely N-dealkylation sites (N-methyl/N-ethyl adjacent to an activating group) is 1. The van der Waals surface area contributed by atoms with Gasteiger partial charge in [0.1, 0.15) is 0 Å². The van der Waals surface area contributed by atoms with Crippen LogP contribution >= 0.6 is 0 Å². The molecule has 0 spiro atoms. The topological polar surface area (TPSA) is 36.3 Å². The SMILES string of the molecule is COCCN(C)C1CCCCCC1C#N. The lowest BCUT2D eigenvalue weighted by molar-refractivity contribution is 0.121. The molecule has 0 amide bonds. The van der Waals surface area contributed by atoms with Crippen molar-refractivity contribution in [3.63, 3.8) is 0 Å². The van der Waals surface area contributed by atoms with Crippen molar-refractivity contribution >= 4 is 0 Å². The van der Waals surface area contributed by atoms with Crippen molar-refractivity contribution in [2.45, 2.75) is 38.1 Å². The minimum Gasteiger partial charge on any atom is -0.383 e. The molecule has 2 atom stereocenters. The number of hydrogen-bond donors (Lipinski definition) is 0. The highest BCUT2D eigenvalue weighted by Crippen LogP contribution is 2.26. The first-order valence-electron chi connectivity index (χ1n) is 5.88. The fraction of sp³-hybridized carbons (Fsp3) is 0.917. The normalized spacial score (nSPS) is 27.3. The van der Waals surface area contributed by atoms with E-state index in [9.17, 15) is 0 Å². The Labute approximate surface area is 93.0 Å². The Kier molecular flexibility index (Phi) is 5.67. The average molecular weight is 210 g/mol. The second-order valence-electron chi connectivity index (χ2n) is 4.41. The summed E-state index contributed by atoms with van der Waals surface area (Å²) in [5, 5.41) is 9.15. The molecule has 0 aliphatic heterocycles. The fourth-order valence-corrected chi connectivity index (χ4v) is 2.37. The maximum atomic E-state index is 9.15. The number of nitrogens with zero attached hydrogens (tertiary/aromatic N) is 2. The van der Waals surface area contributed by atoms with Crippen LogP contribution in [0.15, 0.2) is 0 Å². The fourth-order valence-electron chi connectivity index (χ4n) is 2.37. The molecule has 1 aliphatic carbocycles. The van der Waals surface area contributed by atoms with Crippen LogP contribution in [0.5, 0.6) is 0 Å². The summed E-state index contributed by atoms with van der Waals surface area (Å²) in [6.07, 6.45) is 6.00. The zero-order chi connectivity index (χ0) is 11.1. The molecule has 0 aromatic rings. The monoisotopic (exact) mass is 210 g/mol. The van der Waals surface area contributed by atoms with Gasteiger partial charge in [0.05, 0.1) is 18.6 Å². The molecule has 0 N–H and O–H groups in total. The van der Waals surface area contributed by atoms with Crippen LogP contribution in [0.3, 0.4) is 0 Å². The van der Waals surface area contributed by atoms with E-state index in [0.717, 1.165) is 19.6 Å². The number of ether oxygens (including phenoxy) is 1. The second kappa shape index (κ2) is 6.81. The summed E-state index contributed by atoms with van der Waals surface area (Å²) in [6, 6.07) is 2.91. The van der Waals surface area contributed by atoms with Crippen molar-refractivity contribution in [2.75, 3.05) is 27.3 Å². The largest absolute Gasteiger partial charge is 0.383 e. The van der Waals surface area contributed by atoms with Crippen molar-refractivity contribution in [1.82, 2.24) is 4.90 Å². The lowest BCUT2D eigenvalue weighted by atomic mass is 9.95. The van der Waals surface area contributed by atoms with Crippen LogP contribution in [0.2, 0.25) is 0 Å².